The first-order valence-electron chi connectivity index (χ1n) is 6.72. The minimum Gasteiger partial charge on any atom is -0.497 e. The molecule has 1 atom stereocenters. The molecular formula is C17H20BrNO. The third-order valence-corrected chi connectivity index (χ3v) is 4.32. The molecule has 0 spiro atoms. The Balaban J connectivity index is 2.00. The van der Waals surface area contributed by atoms with E-state index in [4.69, 9.17) is 4.74 Å². The molecule has 0 saturated carbocycles. The highest BCUT2D eigenvalue weighted by Gasteiger charge is 2.06. The predicted octanol–water partition coefficient (Wildman–Crippen LogP) is 4.62. The number of hydrogen-bond donors (Lipinski definition) is 1. The molecule has 0 bridgehead atoms. The molecule has 1 N–H and O–H groups in total. The zero-order valence-electron chi connectivity index (χ0n) is 12.1. The van der Waals surface area contributed by atoms with E-state index in [-0.39, 0.29) is 6.04 Å². The summed E-state index contributed by atoms with van der Waals surface area (Å²) >= 11 is 3.53. The van der Waals surface area contributed by atoms with Crippen molar-refractivity contribution in [1.82, 2.24) is 5.32 Å². The van der Waals surface area contributed by atoms with Crippen LogP contribution in [0.1, 0.15) is 29.7 Å². The topological polar surface area (TPSA) is 21.3 Å². The van der Waals surface area contributed by atoms with E-state index in [1.807, 2.05) is 12.1 Å². The van der Waals surface area contributed by atoms with Crippen LogP contribution in [-0.4, -0.2) is 7.11 Å². The van der Waals surface area contributed by atoms with Gasteiger partial charge < -0.3 is 10.1 Å². The van der Waals surface area contributed by atoms with Crippen LogP contribution in [0, 0.1) is 6.92 Å². The first-order chi connectivity index (χ1) is 9.60. The molecule has 2 nitrogen and oxygen atoms in total. The first-order valence-corrected chi connectivity index (χ1v) is 7.52. The predicted molar refractivity (Wildman–Crippen MR) is 87.1 cm³/mol. The van der Waals surface area contributed by atoms with E-state index < -0.39 is 0 Å². The molecule has 2 rings (SSSR count). The van der Waals surface area contributed by atoms with Crippen molar-refractivity contribution in [2.24, 2.45) is 0 Å². The summed E-state index contributed by atoms with van der Waals surface area (Å²) in [5, 5.41) is 3.54. The molecule has 0 aromatic heterocycles. The number of benzene rings is 2. The van der Waals surface area contributed by atoms with Gasteiger partial charge in [0.1, 0.15) is 5.75 Å². The summed E-state index contributed by atoms with van der Waals surface area (Å²) in [7, 11) is 1.70. The second kappa shape index (κ2) is 6.91. The van der Waals surface area contributed by atoms with Gasteiger partial charge in [-0.3, -0.25) is 0 Å². The Hall–Kier alpha value is -1.32. The van der Waals surface area contributed by atoms with Crippen molar-refractivity contribution in [1.29, 1.82) is 0 Å². The van der Waals surface area contributed by atoms with Gasteiger partial charge in [0.05, 0.1) is 7.11 Å². The Kier molecular flexibility index (Phi) is 5.21. The maximum absolute atomic E-state index is 5.26. The van der Waals surface area contributed by atoms with Gasteiger partial charge in [-0.15, -0.1) is 0 Å². The van der Waals surface area contributed by atoms with E-state index in [2.05, 4.69) is 65.4 Å². The van der Waals surface area contributed by atoms with Crippen molar-refractivity contribution in [3.63, 3.8) is 0 Å². The smallest absolute Gasteiger partial charge is 0.119 e. The standard InChI is InChI=1S/C17H20BrNO/c1-12-9-14(7-8-17(12)18)11-19-13(2)15-5-4-6-16(10-15)20-3/h4-10,13,19H,11H2,1-3H3/t13-/m1/s1. The highest BCUT2D eigenvalue weighted by Crippen LogP contribution is 2.20. The Morgan fingerprint density at radius 1 is 1.20 bits per heavy atom. The van der Waals surface area contributed by atoms with E-state index in [1.54, 1.807) is 7.11 Å². The molecule has 0 amide bonds. The van der Waals surface area contributed by atoms with Gasteiger partial charge in [-0.1, -0.05) is 40.2 Å². The Labute approximate surface area is 129 Å². The number of hydrogen-bond acceptors (Lipinski definition) is 2. The van der Waals surface area contributed by atoms with Gasteiger partial charge in [0.2, 0.25) is 0 Å². The van der Waals surface area contributed by atoms with Crippen molar-refractivity contribution in [3.8, 4) is 5.75 Å². The minimum atomic E-state index is 0.286. The van der Waals surface area contributed by atoms with Crippen LogP contribution >= 0.6 is 15.9 Å². The van der Waals surface area contributed by atoms with Crippen molar-refractivity contribution < 1.29 is 4.74 Å². The van der Waals surface area contributed by atoms with Gasteiger partial charge in [-0.25, -0.2) is 0 Å². The quantitative estimate of drug-likeness (QED) is 0.862. The summed E-state index contributed by atoms with van der Waals surface area (Å²) in [5.41, 5.74) is 3.79. The molecule has 0 unspecified atom stereocenters. The number of rotatable bonds is 5. The minimum absolute atomic E-state index is 0.286. The van der Waals surface area contributed by atoms with E-state index in [1.165, 1.54) is 16.7 Å². The largest absolute Gasteiger partial charge is 0.497 e. The second-order valence-corrected chi connectivity index (χ2v) is 5.82. The third kappa shape index (κ3) is 3.84. The van der Waals surface area contributed by atoms with Crippen molar-refractivity contribution in [3.05, 3.63) is 63.6 Å². The van der Waals surface area contributed by atoms with Gasteiger partial charge >= 0.3 is 0 Å². The summed E-state index contributed by atoms with van der Waals surface area (Å²) in [5.74, 6) is 0.899. The average Bonchev–Trinajstić information content (AvgIpc) is 2.48. The fraction of sp³-hybridized carbons (Fsp3) is 0.294. The van der Waals surface area contributed by atoms with Crippen molar-refractivity contribution >= 4 is 15.9 Å². The van der Waals surface area contributed by atoms with Gasteiger partial charge in [0.25, 0.3) is 0 Å². The molecule has 0 saturated heterocycles. The van der Waals surface area contributed by atoms with Crippen LogP contribution in [0.4, 0.5) is 0 Å². The van der Waals surface area contributed by atoms with Crippen LogP contribution in [0.2, 0.25) is 0 Å². The molecule has 0 heterocycles. The lowest BCUT2D eigenvalue weighted by Gasteiger charge is -2.15. The molecule has 0 fully saturated rings. The third-order valence-electron chi connectivity index (χ3n) is 3.43. The van der Waals surface area contributed by atoms with Crippen LogP contribution < -0.4 is 10.1 Å². The summed E-state index contributed by atoms with van der Waals surface area (Å²) in [6.45, 7) is 5.13. The molecule has 0 aliphatic heterocycles. The maximum Gasteiger partial charge on any atom is 0.119 e. The molecule has 2 aromatic carbocycles. The highest BCUT2D eigenvalue weighted by atomic mass is 79.9. The molecule has 3 heteroatoms. The number of methoxy groups -OCH3 is 1. The summed E-state index contributed by atoms with van der Waals surface area (Å²) in [4.78, 5) is 0. The Morgan fingerprint density at radius 2 is 2.00 bits per heavy atom. The van der Waals surface area contributed by atoms with Crippen LogP contribution in [0.15, 0.2) is 46.9 Å². The van der Waals surface area contributed by atoms with Crippen LogP contribution in [0.5, 0.6) is 5.75 Å². The zero-order valence-corrected chi connectivity index (χ0v) is 13.7. The van der Waals surface area contributed by atoms with E-state index in [0.717, 1.165) is 16.8 Å². The van der Waals surface area contributed by atoms with E-state index in [9.17, 15) is 0 Å². The molecule has 2 aromatic rings. The van der Waals surface area contributed by atoms with Crippen molar-refractivity contribution in [2.45, 2.75) is 26.4 Å². The lowest BCUT2D eigenvalue weighted by Crippen LogP contribution is -2.18. The molecule has 0 aliphatic carbocycles. The molecule has 0 radical (unpaired) electrons. The van der Waals surface area contributed by atoms with E-state index in [0.29, 0.717) is 0 Å². The zero-order chi connectivity index (χ0) is 14.5. The number of halogens is 1. The maximum atomic E-state index is 5.26. The van der Waals surface area contributed by atoms with E-state index >= 15 is 0 Å². The summed E-state index contributed by atoms with van der Waals surface area (Å²) in [6.07, 6.45) is 0. The Morgan fingerprint density at radius 3 is 2.70 bits per heavy atom. The van der Waals surface area contributed by atoms with Gasteiger partial charge in [0.15, 0.2) is 0 Å². The normalized spacial score (nSPS) is 12.2. The SMILES string of the molecule is COc1cccc([C@@H](C)NCc2ccc(Br)c(C)c2)c1. The fourth-order valence-corrected chi connectivity index (χ4v) is 2.36. The average molecular weight is 334 g/mol. The number of nitrogens with one attached hydrogen (secondary N) is 1. The fourth-order valence-electron chi connectivity index (χ4n) is 2.12. The van der Waals surface area contributed by atoms with Gasteiger partial charge in [-0.05, 0) is 48.7 Å². The van der Waals surface area contributed by atoms with Crippen molar-refractivity contribution in [2.75, 3.05) is 7.11 Å². The monoisotopic (exact) mass is 333 g/mol. The summed E-state index contributed by atoms with van der Waals surface area (Å²) < 4.78 is 6.42. The number of ether oxygens (including phenoxy) is 1. The molecule has 0 aliphatic rings. The Bertz CT molecular complexity index is 583. The molecular weight excluding hydrogens is 314 g/mol. The summed E-state index contributed by atoms with van der Waals surface area (Å²) in [6, 6.07) is 14.9. The number of aryl methyl sites for hydroxylation is 1. The van der Waals surface area contributed by atoms with Gasteiger partial charge in [-0.2, -0.15) is 0 Å². The van der Waals surface area contributed by atoms with Crippen LogP contribution in [-0.2, 0) is 6.54 Å². The lowest BCUT2D eigenvalue weighted by molar-refractivity contribution is 0.413. The first kappa shape index (κ1) is 15.1. The van der Waals surface area contributed by atoms with Crippen LogP contribution in [0.3, 0.4) is 0 Å². The highest BCUT2D eigenvalue weighted by molar-refractivity contribution is 9.10. The lowest BCUT2D eigenvalue weighted by atomic mass is 10.1. The van der Waals surface area contributed by atoms with Gasteiger partial charge in [0, 0.05) is 17.1 Å². The van der Waals surface area contributed by atoms with Crippen LogP contribution in [0.25, 0.3) is 0 Å². The second-order valence-electron chi connectivity index (χ2n) is 4.96. The molecule has 106 valence electrons. The molecule has 20 heavy (non-hydrogen) atoms.